The minimum atomic E-state index is -0.233. The van der Waals surface area contributed by atoms with Crippen molar-refractivity contribution in [1.82, 2.24) is 9.13 Å². The first-order valence-corrected chi connectivity index (χ1v) is 24.1. The van der Waals surface area contributed by atoms with Crippen LogP contribution in [0.1, 0.15) is 90.9 Å². The van der Waals surface area contributed by atoms with Crippen LogP contribution in [0.2, 0.25) is 0 Å². The lowest BCUT2D eigenvalue weighted by atomic mass is 9.79. The Kier molecular flexibility index (Phi) is 8.82. The second-order valence-corrected chi connectivity index (χ2v) is 21.4. The summed E-state index contributed by atoms with van der Waals surface area (Å²) in [6.07, 6.45) is 12.8. The number of pyridine rings is 2. The third-order valence-electron chi connectivity index (χ3n) is 13.2. The number of fused-ring (bicyclic) bond motifs is 6. The Morgan fingerprint density at radius 3 is 1.09 bits per heavy atom. The number of aromatic nitrogens is 2. The summed E-state index contributed by atoms with van der Waals surface area (Å²) in [7, 11) is 0. The molecule has 0 amide bonds. The fraction of sp³-hybridized carbons (Fsp3) is 0.333. The molecule has 4 aromatic heterocycles. The smallest absolute Gasteiger partial charge is 0.261 e. The molecule has 4 heterocycles. The van der Waals surface area contributed by atoms with E-state index < -0.39 is 0 Å². The van der Waals surface area contributed by atoms with Gasteiger partial charge in [0.05, 0.1) is 7.57 Å². The van der Waals surface area contributed by atoms with Gasteiger partial charge in [0.15, 0.2) is 0 Å². The van der Waals surface area contributed by atoms with Crippen LogP contribution in [-0.2, 0) is 13.1 Å². The molecule has 0 saturated heterocycles. The average molecular weight is 933 g/mol. The fourth-order valence-corrected chi connectivity index (χ4v) is 13.8. The van der Waals surface area contributed by atoms with E-state index in [2.05, 4.69) is 57.8 Å². The Morgan fingerprint density at radius 2 is 0.707 bits per heavy atom. The van der Waals surface area contributed by atoms with Gasteiger partial charge in [-0.05, 0) is 103 Å². The average Bonchev–Trinajstić information content (AvgIpc) is 3.82. The van der Waals surface area contributed by atoms with E-state index in [1.807, 2.05) is 24.3 Å². The van der Waals surface area contributed by atoms with E-state index in [9.17, 15) is 19.2 Å². The predicted molar refractivity (Wildman–Crippen MR) is 256 cm³/mol. The summed E-state index contributed by atoms with van der Waals surface area (Å²) in [5.74, 6) is 0. The van der Waals surface area contributed by atoms with E-state index in [1.54, 1.807) is 22.7 Å². The van der Waals surface area contributed by atoms with Crippen LogP contribution >= 0.6 is 54.5 Å². The van der Waals surface area contributed by atoms with Gasteiger partial charge in [-0.2, -0.15) is 0 Å². The number of rotatable bonds is 14. The van der Waals surface area contributed by atoms with Gasteiger partial charge < -0.3 is 0 Å². The number of benzene rings is 7. The van der Waals surface area contributed by atoms with Gasteiger partial charge in [-0.1, -0.05) is 78.1 Å². The van der Waals surface area contributed by atoms with Gasteiger partial charge in [-0.15, -0.1) is 22.7 Å². The van der Waals surface area contributed by atoms with Gasteiger partial charge in [-0.3, -0.25) is 28.3 Å². The molecule has 0 aliphatic carbocycles. The highest BCUT2D eigenvalue weighted by atomic mass is 79.9. The standard InChI is InChI=1S/C48H40Br2N2O4S2/c1-3-5-7-9-11-13-15-51-45(53)29-17-23-25-21-33(49)58-44(25)28-20-32-36-30(46(54)52(48(32)56)16-14-12-10-8-6-4-2)18-24-26-22-34(50)57-43(26)27-19-31(47(51)55)35(29)41-37(23)40(28)42(36)38(24)39(27)41/h17-22H,3-16H2,1-2H3. The van der Waals surface area contributed by atoms with Crippen molar-refractivity contribution in [3.63, 3.8) is 0 Å². The van der Waals surface area contributed by atoms with Gasteiger partial charge in [-0.25, -0.2) is 0 Å². The number of nitrogens with zero attached hydrogens (tertiary/aromatic N) is 2. The van der Waals surface area contributed by atoms with E-state index in [-0.39, 0.29) is 22.2 Å². The maximum Gasteiger partial charge on any atom is 0.261 e. The van der Waals surface area contributed by atoms with Crippen LogP contribution in [0.5, 0.6) is 0 Å². The number of hydrogen-bond acceptors (Lipinski definition) is 6. The number of unbranched alkanes of at least 4 members (excludes halogenated alkanes) is 10. The summed E-state index contributed by atoms with van der Waals surface area (Å²) in [6, 6.07) is 12.4. The van der Waals surface area contributed by atoms with E-state index in [0.29, 0.717) is 34.6 Å². The molecule has 0 saturated carbocycles. The Bertz CT molecular complexity index is 3220. The normalized spacial score (nSPS) is 13.0. The summed E-state index contributed by atoms with van der Waals surface area (Å²) < 4.78 is 6.96. The van der Waals surface area contributed by atoms with Crippen molar-refractivity contribution in [1.29, 1.82) is 0 Å². The summed E-state index contributed by atoms with van der Waals surface area (Å²) in [5.41, 5.74) is -0.929. The van der Waals surface area contributed by atoms with Crippen molar-refractivity contribution < 1.29 is 0 Å². The molecule has 0 N–H and O–H groups in total. The molecule has 0 fully saturated rings. The van der Waals surface area contributed by atoms with Crippen molar-refractivity contribution in [2.75, 3.05) is 0 Å². The topological polar surface area (TPSA) is 78.1 Å². The monoisotopic (exact) mass is 930 g/mol. The highest BCUT2D eigenvalue weighted by molar-refractivity contribution is 9.11. The molecule has 7 aromatic carbocycles. The molecule has 6 nitrogen and oxygen atoms in total. The molecule has 0 unspecified atom stereocenters. The molecular weight excluding hydrogens is 892 g/mol. The lowest BCUT2D eigenvalue weighted by molar-refractivity contribution is 0.545. The second kappa shape index (κ2) is 13.8. The Hall–Kier alpha value is -3.96. The fourth-order valence-electron chi connectivity index (χ4n) is 10.6. The summed E-state index contributed by atoms with van der Waals surface area (Å²) >= 11 is 10.9. The maximum absolute atomic E-state index is 14.7. The van der Waals surface area contributed by atoms with Crippen LogP contribution in [-0.4, -0.2) is 9.13 Å². The molecule has 0 atom stereocenters. The molecule has 0 bridgehead atoms. The van der Waals surface area contributed by atoms with Crippen molar-refractivity contribution in [3.8, 4) is 0 Å². The molecule has 0 aliphatic heterocycles. The van der Waals surface area contributed by atoms with Gasteiger partial charge in [0.1, 0.15) is 0 Å². The molecule has 292 valence electrons. The Labute approximate surface area is 357 Å². The van der Waals surface area contributed by atoms with E-state index in [0.717, 1.165) is 144 Å². The quantitative estimate of drug-likeness (QED) is 0.0618. The second-order valence-electron chi connectivity index (χ2n) is 16.5. The molecule has 0 radical (unpaired) electrons. The molecule has 0 spiro atoms. The van der Waals surface area contributed by atoms with E-state index in [1.165, 1.54) is 34.8 Å². The Balaban J connectivity index is 1.31. The molecule has 11 rings (SSSR count). The maximum atomic E-state index is 14.7. The summed E-state index contributed by atoms with van der Waals surface area (Å²) in [4.78, 5) is 58.8. The zero-order chi connectivity index (χ0) is 39.7. The molecular formula is C48H40Br2N2O4S2. The minimum absolute atomic E-state index is 0.232. The number of thiophene rings is 2. The van der Waals surface area contributed by atoms with Crippen molar-refractivity contribution >= 4 is 161 Å². The van der Waals surface area contributed by atoms with Crippen molar-refractivity contribution in [3.05, 3.63) is 85.4 Å². The number of hydrogen-bond donors (Lipinski definition) is 0. The molecule has 11 aromatic rings. The van der Waals surface area contributed by atoms with Crippen molar-refractivity contribution in [2.24, 2.45) is 0 Å². The molecule has 0 aliphatic rings. The zero-order valence-electron chi connectivity index (χ0n) is 32.5. The van der Waals surface area contributed by atoms with Crippen molar-refractivity contribution in [2.45, 2.75) is 104 Å². The highest BCUT2D eigenvalue weighted by Gasteiger charge is 2.31. The lowest BCUT2D eigenvalue weighted by Gasteiger charge is -2.24. The van der Waals surface area contributed by atoms with Gasteiger partial charge >= 0.3 is 0 Å². The largest absolute Gasteiger partial charge is 0.274 e. The van der Waals surface area contributed by atoms with Crippen LogP contribution in [0, 0.1) is 0 Å². The van der Waals surface area contributed by atoms with E-state index >= 15 is 0 Å². The van der Waals surface area contributed by atoms with Gasteiger partial charge in [0, 0.05) is 97.9 Å². The Morgan fingerprint density at radius 1 is 0.379 bits per heavy atom. The minimum Gasteiger partial charge on any atom is -0.274 e. The first-order chi connectivity index (χ1) is 28.2. The van der Waals surface area contributed by atoms with E-state index in [4.69, 9.17) is 0 Å². The van der Waals surface area contributed by atoms with Crippen LogP contribution in [0.4, 0.5) is 0 Å². The van der Waals surface area contributed by atoms with Gasteiger partial charge in [0.2, 0.25) is 0 Å². The summed E-state index contributed by atoms with van der Waals surface area (Å²) in [5, 5.41) is 15.4. The zero-order valence-corrected chi connectivity index (χ0v) is 37.3. The van der Waals surface area contributed by atoms with Crippen LogP contribution in [0.15, 0.2) is 63.1 Å². The highest BCUT2D eigenvalue weighted by Crippen LogP contribution is 2.56. The SMILES string of the molecule is CCCCCCCCn1c(=O)c2cc3c4cc(Br)sc4c4cc5c(=O)n(CCCCCCCC)c(=O)c6cc7c8cc(Br)sc8c8cc(c1=O)c2c1c3c4c(c65)c7c81. The lowest BCUT2D eigenvalue weighted by Crippen LogP contribution is -2.33. The van der Waals surface area contributed by atoms with Crippen LogP contribution in [0.25, 0.3) is 106 Å². The van der Waals surface area contributed by atoms with Crippen LogP contribution in [0.3, 0.4) is 0 Å². The predicted octanol–water partition coefficient (Wildman–Crippen LogP) is 13.8. The summed E-state index contributed by atoms with van der Waals surface area (Å²) in [6.45, 7) is 5.19. The molecule has 10 heteroatoms. The third-order valence-corrected chi connectivity index (χ3v) is 16.5. The first kappa shape index (κ1) is 37.1. The third kappa shape index (κ3) is 5.04. The number of halogens is 2. The van der Waals surface area contributed by atoms with Gasteiger partial charge in [0.25, 0.3) is 22.2 Å². The molecule has 58 heavy (non-hydrogen) atoms. The first-order valence-electron chi connectivity index (χ1n) is 20.9. The van der Waals surface area contributed by atoms with Crippen LogP contribution < -0.4 is 22.2 Å².